The van der Waals surface area contributed by atoms with Crippen molar-refractivity contribution < 1.29 is 17.6 Å². The van der Waals surface area contributed by atoms with Crippen molar-refractivity contribution in [3.8, 4) is 0 Å². The first kappa shape index (κ1) is 20.0. The van der Waals surface area contributed by atoms with Gasteiger partial charge in [0.15, 0.2) is 9.84 Å². The molecule has 0 bridgehead atoms. The van der Waals surface area contributed by atoms with E-state index < -0.39 is 9.84 Å². The molecule has 8 heteroatoms. The van der Waals surface area contributed by atoms with Crippen molar-refractivity contribution in [2.24, 2.45) is 0 Å². The fraction of sp³-hybridized carbons (Fsp3) is 0.421. The van der Waals surface area contributed by atoms with E-state index in [0.29, 0.717) is 6.54 Å². The summed E-state index contributed by atoms with van der Waals surface area (Å²) in [6, 6.07) is 10.2. The molecule has 0 spiro atoms. The Labute approximate surface area is 164 Å². The van der Waals surface area contributed by atoms with E-state index >= 15 is 0 Å². The molecule has 1 N–H and O–H groups in total. The minimum Gasteiger partial charge on any atom is -0.472 e. The first-order valence-electron chi connectivity index (χ1n) is 8.95. The Bertz CT molecular complexity index is 817. The molecule has 0 saturated carbocycles. The fourth-order valence-corrected chi connectivity index (χ4v) is 5.28. The lowest BCUT2D eigenvalue weighted by atomic mass is 10.1. The minimum atomic E-state index is -3.45. The van der Waals surface area contributed by atoms with Gasteiger partial charge >= 0.3 is 0 Å². The molecule has 2 heterocycles. The van der Waals surface area contributed by atoms with Crippen molar-refractivity contribution in [2.45, 2.75) is 17.4 Å². The van der Waals surface area contributed by atoms with Gasteiger partial charge in [-0.05, 0) is 18.2 Å². The van der Waals surface area contributed by atoms with Gasteiger partial charge in [0.2, 0.25) is 5.91 Å². The Morgan fingerprint density at radius 1 is 1.19 bits per heavy atom. The zero-order chi connectivity index (χ0) is 19.1. The fourth-order valence-electron chi connectivity index (χ4n) is 3.08. The highest BCUT2D eigenvalue weighted by Gasteiger charge is 2.24. The third-order valence-corrected chi connectivity index (χ3v) is 7.28. The summed E-state index contributed by atoms with van der Waals surface area (Å²) in [5.74, 6) is 1.68. The van der Waals surface area contributed by atoms with Gasteiger partial charge < -0.3 is 9.73 Å². The highest BCUT2D eigenvalue weighted by Crippen LogP contribution is 2.24. The number of sulfone groups is 1. The van der Waals surface area contributed by atoms with Gasteiger partial charge in [0.05, 0.1) is 29.2 Å². The molecular weight excluding hydrogens is 384 g/mol. The Morgan fingerprint density at radius 2 is 1.93 bits per heavy atom. The van der Waals surface area contributed by atoms with Crippen molar-refractivity contribution in [3.63, 3.8) is 0 Å². The second-order valence-electron chi connectivity index (χ2n) is 6.41. The lowest BCUT2D eigenvalue weighted by Gasteiger charge is -2.34. The summed E-state index contributed by atoms with van der Waals surface area (Å²) in [5.41, 5.74) is 1.03. The highest BCUT2D eigenvalue weighted by molar-refractivity contribution is 7.99. The number of nitrogens with one attached hydrogen (secondary N) is 1. The van der Waals surface area contributed by atoms with E-state index in [1.165, 1.54) is 0 Å². The van der Waals surface area contributed by atoms with Crippen LogP contribution in [0, 0.1) is 0 Å². The number of hydrogen-bond acceptors (Lipinski definition) is 6. The van der Waals surface area contributed by atoms with Gasteiger partial charge in [0, 0.05) is 43.1 Å². The number of carbonyl (C=O) groups excluding carboxylic acids is 1. The maximum atomic E-state index is 12.3. The van der Waals surface area contributed by atoms with Crippen LogP contribution in [0.2, 0.25) is 0 Å². The zero-order valence-electron chi connectivity index (χ0n) is 15.0. The van der Waals surface area contributed by atoms with Crippen molar-refractivity contribution in [3.05, 3.63) is 54.5 Å². The van der Waals surface area contributed by atoms with Crippen molar-refractivity contribution in [2.75, 3.05) is 36.9 Å². The molecule has 1 fully saturated rings. The van der Waals surface area contributed by atoms with Crippen LogP contribution in [0.3, 0.4) is 0 Å². The standard InChI is InChI=1S/C19H24N2O4S2/c22-19(7-13-27(23,24)17-4-2-1-3-5-17)20-14-18(16-6-10-25-15-16)21-8-11-26-12-9-21/h1-6,10,15,18H,7-9,11-14H2,(H,20,22)/t18-/m1/s1. The molecule has 1 amide bonds. The molecule has 0 unspecified atom stereocenters. The molecule has 1 saturated heterocycles. The molecule has 0 aliphatic carbocycles. The number of rotatable bonds is 8. The number of benzene rings is 1. The van der Waals surface area contributed by atoms with Gasteiger partial charge in [-0.2, -0.15) is 11.8 Å². The van der Waals surface area contributed by atoms with Gasteiger partial charge in [-0.1, -0.05) is 18.2 Å². The Morgan fingerprint density at radius 3 is 2.59 bits per heavy atom. The summed E-state index contributed by atoms with van der Waals surface area (Å²) in [7, 11) is -3.45. The summed E-state index contributed by atoms with van der Waals surface area (Å²) in [5, 5.41) is 2.90. The van der Waals surface area contributed by atoms with Gasteiger partial charge in [-0.3, -0.25) is 9.69 Å². The number of hydrogen-bond donors (Lipinski definition) is 1. The van der Waals surface area contributed by atoms with Gasteiger partial charge in [0.25, 0.3) is 0 Å². The van der Waals surface area contributed by atoms with Crippen LogP contribution < -0.4 is 5.32 Å². The molecule has 27 heavy (non-hydrogen) atoms. The largest absolute Gasteiger partial charge is 0.472 e. The van der Waals surface area contributed by atoms with E-state index in [1.807, 2.05) is 17.8 Å². The molecule has 1 aromatic heterocycles. The van der Waals surface area contributed by atoms with Gasteiger partial charge in [-0.25, -0.2) is 8.42 Å². The molecule has 1 atom stereocenters. The zero-order valence-corrected chi connectivity index (χ0v) is 16.7. The number of furan rings is 1. The monoisotopic (exact) mass is 408 g/mol. The third-order valence-electron chi connectivity index (χ3n) is 4.61. The van der Waals surface area contributed by atoms with Crippen LogP contribution in [0.1, 0.15) is 18.0 Å². The smallest absolute Gasteiger partial charge is 0.221 e. The van der Waals surface area contributed by atoms with Crippen molar-refractivity contribution in [1.29, 1.82) is 0 Å². The van der Waals surface area contributed by atoms with Crippen molar-refractivity contribution >= 4 is 27.5 Å². The van der Waals surface area contributed by atoms with Crippen LogP contribution in [0.5, 0.6) is 0 Å². The van der Waals surface area contributed by atoms with Crippen LogP contribution >= 0.6 is 11.8 Å². The number of carbonyl (C=O) groups is 1. The first-order valence-corrected chi connectivity index (χ1v) is 11.8. The number of nitrogens with zero attached hydrogens (tertiary/aromatic N) is 1. The number of amides is 1. The van der Waals surface area contributed by atoms with E-state index in [0.717, 1.165) is 30.2 Å². The van der Waals surface area contributed by atoms with Crippen LogP contribution in [-0.4, -0.2) is 56.1 Å². The molecule has 3 rings (SSSR count). The van der Waals surface area contributed by atoms with E-state index in [9.17, 15) is 13.2 Å². The van der Waals surface area contributed by atoms with Crippen molar-refractivity contribution in [1.82, 2.24) is 10.2 Å². The Balaban J connectivity index is 1.55. The summed E-state index contributed by atoms with van der Waals surface area (Å²) in [6.07, 6.45) is 3.29. The molecule has 6 nitrogen and oxygen atoms in total. The normalized spacial score (nSPS) is 16.7. The average molecular weight is 409 g/mol. The van der Waals surface area contributed by atoms with E-state index in [-0.39, 0.29) is 29.0 Å². The molecule has 0 radical (unpaired) electrons. The maximum Gasteiger partial charge on any atom is 0.221 e. The maximum absolute atomic E-state index is 12.3. The van der Waals surface area contributed by atoms with Crippen LogP contribution in [0.4, 0.5) is 0 Å². The first-order chi connectivity index (χ1) is 13.1. The van der Waals surface area contributed by atoms with Crippen LogP contribution in [0.25, 0.3) is 0 Å². The topological polar surface area (TPSA) is 79.6 Å². The molecule has 2 aromatic rings. The molecule has 1 aliphatic heterocycles. The molecule has 146 valence electrons. The van der Waals surface area contributed by atoms with Crippen LogP contribution in [-0.2, 0) is 14.6 Å². The molecular formula is C19H24N2O4S2. The summed E-state index contributed by atoms with van der Waals surface area (Å²) >= 11 is 1.93. The van der Waals surface area contributed by atoms with E-state index in [2.05, 4.69) is 10.2 Å². The lowest BCUT2D eigenvalue weighted by molar-refractivity contribution is -0.121. The number of thioether (sulfide) groups is 1. The Hall–Kier alpha value is -1.77. The van der Waals surface area contributed by atoms with Gasteiger partial charge in [-0.15, -0.1) is 0 Å². The highest BCUT2D eigenvalue weighted by atomic mass is 32.2. The third kappa shape index (κ3) is 5.60. The average Bonchev–Trinajstić information content (AvgIpc) is 3.23. The molecule has 1 aromatic carbocycles. The summed E-state index contributed by atoms with van der Waals surface area (Å²) < 4.78 is 29.8. The predicted molar refractivity (Wildman–Crippen MR) is 106 cm³/mol. The predicted octanol–water partition coefficient (Wildman–Crippen LogP) is 2.35. The SMILES string of the molecule is O=C(CCS(=O)(=O)c1ccccc1)NC[C@H](c1ccoc1)N1CCSCC1. The van der Waals surface area contributed by atoms with Crippen LogP contribution in [0.15, 0.2) is 58.2 Å². The molecule has 1 aliphatic rings. The lowest BCUT2D eigenvalue weighted by Crippen LogP contribution is -2.42. The summed E-state index contributed by atoms with van der Waals surface area (Å²) in [6.45, 7) is 2.35. The second-order valence-corrected chi connectivity index (χ2v) is 9.74. The minimum absolute atomic E-state index is 0.0410. The quantitative estimate of drug-likeness (QED) is 0.722. The van der Waals surface area contributed by atoms with Gasteiger partial charge in [0.1, 0.15) is 0 Å². The van der Waals surface area contributed by atoms with E-state index in [1.54, 1.807) is 42.9 Å². The second kappa shape index (κ2) is 9.43. The van der Waals surface area contributed by atoms with E-state index in [4.69, 9.17) is 4.42 Å². The summed E-state index contributed by atoms with van der Waals surface area (Å²) in [4.78, 5) is 14.8. The Kier molecular flexibility index (Phi) is 6.98.